The maximum absolute atomic E-state index is 8.90. The number of rotatable bonds is 3. The van der Waals surface area contributed by atoms with Crippen molar-refractivity contribution in [1.29, 1.82) is 0 Å². The molecule has 0 aliphatic heterocycles. The van der Waals surface area contributed by atoms with Crippen molar-refractivity contribution in [3.05, 3.63) is 41.3 Å². The highest BCUT2D eigenvalue weighted by atomic mass is 79.9. The van der Waals surface area contributed by atoms with Crippen molar-refractivity contribution in [3.63, 3.8) is 0 Å². The van der Waals surface area contributed by atoms with Gasteiger partial charge in [-0.05, 0) is 17.7 Å². The Morgan fingerprint density at radius 3 is 2.67 bits per heavy atom. The maximum Gasteiger partial charge on any atom is 0.0951 e. The lowest BCUT2D eigenvalue weighted by atomic mass is 10.2. The number of halogens is 1. The molecular formula is C11H11BrN2O. The van der Waals surface area contributed by atoms with Crippen LogP contribution in [-0.4, -0.2) is 21.3 Å². The zero-order valence-electron chi connectivity index (χ0n) is 8.10. The summed E-state index contributed by atoms with van der Waals surface area (Å²) in [5.41, 5.74) is 2.13. The van der Waals surface area contributed by atoms with E-state index in [1.165, 1.54) is 0 Å². The summed E-state index contributed by atoms with van der Waals surface area (Å²) in [6.45, 7) is 0.700. The van der Waals surface area contributed by atoms with E-state index < -0.39 is 0 Å². The first-order valence-corrected chi connectivity index (χ1v) is 5.47. The summed E-state index contributed by atoms with van der Waals surface area (Å²) in [4.78, 5) is 4.08. The van der Waals surface area contributed by atoms with Crippen LogP contribution in [0.4, 0.5) is 0 Å². The summed E-state index contributed by atoms with van der Waals surface area (Å²) in [7, 11) is 0. The topological polar surface area (TPSA) is 38.0 Å². The molecule has 0 atom stereocenters. The van der Waals surface area contributed by atoms with Crippen LogP contribution >= 0.6 is 15.9 Å². The summed E-state index contributed by atoms with van der Waals surface area (Å²) in [6.07, 6.45) is 3.53. The standard InChI is InChI=1S/C11H11BrN2O/c12-10-3-1-9(2-4-10)11-7-13-8-14(11)5-6-15/h1-4,7-8,15H,5-6H2. The number of nitrogens with zero attached hydrogens (tertiary/aromatic N) is 2. The number of hydrogen-bond acceptors (Lipinski definition) is 2. The zero-order valence-corrected chi connectivity index (χ0v) is 9.68. The minimum absolute atomic E-state index is 0.125. The van der Waals surface area contributed by atoms with E-state index >= 15 is 0 Å². The third kappa shape index (κ3) is 2.27. The molecule has 0 radical (unpaired) electrons. The first-order valence-electron chi connectivity index (χ1n) is 4.68. The molecule has 0 aliphatic carbocycles. The second kappa shape index (κ2) is 4.59. The van der Waals surface area contributed by atoms with Gasteiger partial charge in [-0.2, -0.15) is 0 Å². The number of hydrogen-bond donors (Lipinski definition) is 1. The van der Waals surface area contributed by atoms with Crippen molar-refractivity contribution in [3.8, 4) is 11.3 Å². The van der Waals surface area contributed by atoms with Gasteiger partial charge < -0.3 is 9.67 Å². The molecule has 0 spiro atoms. The SMILES string of the molecule is OCCn1cncc1-c1ccc(Br)cc1. The summed E-state index contributed by atoms with van der Waals surface area (Å²) >= 11 is 3.40. The molecule has 78 valence electrons. The molecular weight excluding hydrogens is 256 g/mol. The van der Waals surface area contributed by atoms with Crippen molar-refractivity contribution in [2.75, 3.05) is 6.61 Å². The average Bonchev–Trinajstić information content (AvgIpc) is 2.68. The highest BCUT2D eigenvalue weighted by molar-refractivity contribution is 9.10. The molecule has 0 aliphatic rings. The Labute approximate surface area is 96.5 Å². The fourth-order valence-electron chi connectivity index (χ4n) is 1.47. The van der Waals surface area contributed by atoms with Gasteiger partial charge in [0.25, 0.3) is 0 Å². The molecule has 0 bridgehead atoms. The average molecular weight is 267 g/mol. The smallest absolute Gasteiger partial charge is 0.0951 e. The molecule has 15 heavy (non-hydrogen) atoms. The van der Waals surface area contributed by atoms with Crippen LogP contribution in [0.2, 0.25) is 0 Å². The van der Waals surface area contributed by atoms with E-state index in [2.05, 4.69) is 20.9 Å². The van der Waals surface area contributed by atoms with Crippen LogP contribution in [0.3, 0.4) is 0 Å². The monoisotopic (exact) mass is 266 g/mol. The Morgan fingerprint density at radius 1 is 1.27 bits per heavy atom. The van der Waals surface area contributed by atoms with Crippen LogP contribution < -0.4 is 0 Å². The van der Waals surface area contributed by atoms with Crippen molar-refractivity contribution >= 4 is 15.9 Å². The van der Waals surface area contributed by atoms with Crippen LogP contribution in [0.1, 0.15) is 0 Å². The van der Waals surface area contributed by atoms with E-state index in [1.54, 1.807) is 12.5 Å². The maximum atomic E-state index is 8.90. The van der Waals surface area contributed by atoms with Gasteiger partial charge >= 0.3 is 0 Å². The largest absolute Gasteiger partial charge is 0.395 e. The van der Waals surface area contributed by atoms with Crippen LogP contribution in [0, 0.1) is 0 Å². The molecule has 4 heteroatoms. The van der Waals surface area contributed by atoms with Gasteiger partial charge in [-0.1, -0.05) is 28.1 Å². The van der Waals surface area contributed by atoms with Crippen molar-refractivity contribution in [1.82, 2.24) is 9.55 Å². The van der Waals surface area contributed by atoms with Crippen LogP contribution in [0.15, 0.2) is 41.3 Å². The lowest BCUT2D eigenvalue weighted by Gasteiger charge is -2.06. The molecule has 0 unspecified atom stereocenters. The predicted octanol–water partition coefficient (Wildman–Crippen LogP) is 2.30. The normalized spacial score (nSPS) is 10.5. The fraction of sp³-hybridized carbons (Fsp3) is 0.182. The Bertz CT molecular complexity index is 436. The van der Waals surface area contributed by atoms with Gasteiger partial charge in [0.05, 0.1) is 24.8 Å². The van der Waals surface area contributed by atoms with Gasteiger partial charge in [-0.15, -0.1) is 0 Å². The Hall–Kier alpha value is -1.13. The van der Waals surface area contributed by atoms with E-state index in [4.69, 9.17) is 5.11 Å². The molecule has 2 rings (SSSR count). The van der Waals surface area contributed by atoms with Gasteiger partial charge in [-0.3, -0.25) is 0 Å². The van der Waals surface area contributed by atoms with Crippen LogP contribution in [-0.2, 0) is 6.54 Å². The second-order valence-electron chi connectivity index (χ2n) is 3.20. The Balaban J connectivity index is 2.36. The summed E-state index contributed by atoms with van der Waals surface area (Å²) in [5, 5.41) is 8.90. The van der Waals surface area contributed by atoms with E-state index in [1.807, 2.05) is 28.8 Å². The zero-order chi connectivity index (χ0) is 10.7. The molecule has 0 saturated heterocycles. The molecule has 0 amide bonds. The number of imidazole rings is 1. The molecule has 2 aromatic rings. The summed E-state index contributed by atoms with van der Waals surface area (Å²) < 4.78 is 2.99. The highest BCUT2D eigenvalue weighted by Crippen LogP contribution is 2.21. The van der Waals surface area contributed by atoms with Gasteiger partial charge in [0, 0.05) is 11.0 Å². The number of aliphatic hydroxyl groups excluding tert-OH is 1. The molecule has 1 aromatic heterocycles. The van der Waals surface area contributed by atoms with Gasteiger partial charge in [0.15, 0.2) is 0 Å². The molecule has 0 saturated carbocycles. The summed E-state index contributed by atoms with van der Waals surface area (Å²) in [6, 6.07) is 8.03. The molecule has 3 nitrogen and oxygen atoms in total. The minimum Gasteiger partial charge on any atom is -0.395 e. The summed E-state index contributed by atoms with van der Waals surface area (Å²) in [5.74, 6) is 0. The third-order valence-corrected chi connectivity index (χ3v) is 2.72. The van der Waals surface area contributed by atoms with E-state index in [0.29, 0.717) is 6.54 Å². The van der Waals surface area contributed by atoms with E-state index in [9.17, 15) is 0 Å². The third-order valence-electron chi connectivity index (χ3n) is 2.19. The van der Waals surface area contributed by atoms with Crippen molar-refractivity contribution < 1.29 is 5.11 Å². The van der Waals surface area contributed by atoms with E-state index in [0.717, 1.165) is 15.7 Å². The van der Waals surface area contributed by atoms with Crippen LogP contribution in [0.25, 0.3) is 11.3 Å². The number of aromatic nitrogens is 2. The molecule has 1 aromatic carbocycles. The lowest BCUT2D eigenvalue weighted by Crippen LogP contribution is -2.02. The lowest BCUT2D eigenvalue weighted by molar-refractivity contribution is 0.276. The van der Waals surface area contributed by atoms with Crippen molar-refractivity contribution in [2.24, 2.45) is 0 Å². The van der Waals surface area contributed by atoms with Crippen LogP contribution in [0.5, 0.6) is 0 Å². The quantitative estimate of drug-likeness (QED) is 0.926. The van der Waals surface area contributed by atoms with Gasteiger partial charge in [-0.25, -0.2) is 4.98 Å². The first-order chi connectivity index (χ1) is 7.31. The Morgan fingerprint density at radius 2 is 2.00 bits per heavy atom. The second-order valence-corrected chi connectivity index (χ2v) is 4.12. The molecule has 0 fully saturated rings. The van der Waals surface area contributed by atoms with Gasteiger partial charge in [0.2, 0.25) is 0 Å². The minimum atomic E-state index is 0.125. The van der Waals surface area contributed by atoms with Crippen molar-refractivity contribution in [2.45, 2.75) is 6.54 Å². The number of benzene rings is 1. The molecule has 1 N–H and O–H groups in total. The predicted molar refractivity (Wildman–Crippen MR) is 62.4 cm³/mol. The molecule has 1 heterocycles. The Kier molecular flexibility index (Phi) is 3.18. The first kappa shape index (κ1) is 10.4. The van der Waals surface area contributed by atoms with E-state index in [-0.39, 0.29) is 6.61 Å². The number of aliphatic hydroxyl groups is 1. The highest BCUT2D eigenvalue weighted by Gasteiger charge is 2.03. The van der Waals surface area contributed by atoms with Gasteiger partial charge in [0.1, 0.15) is 0 Å². The fourth-order valence-corrected chi connectivity index (χ4v) is 1.73.